The molecule has 0 aliphatic carbocycles. The molecule has 32 heavy (non-hydrogen) atoms. The van der Waals surface area contributed by atoms with Gasteiger partial charge < -0.3 is 0 Å². The molecule has 0 N–H and O–H groups in total. The first kappa shape index (κ1) is 19.3. The largest absolute Gasteiger partial charge is 0.333 e. The van der Waals surface area contributed by atoms with Crippen LogP contribution in [0.5, 0.6) is 0 Å². The highest BCUT2D eigenvalue weighted by atomic mass is 16.1. The summed E-state index contributed by atoms with van der Waals surface area (Å²) in [6, 6.07) is 23.0. The SMILES string of the molecule is Cc1ccc(C#N)cc1-n1c(=O)n(C)c2cnc3ccc(-c4cccc(C#N)c4)cc3c21. The molecule has 0 radical (unpaired) electrons. The van der Waals surface area contributed by atoms with E-state index in [0.717, 1.165) is 33.1 Å². The molecule has 2 aromatic heterocycles. The average Bonchev–Trinajstić information content (AvgIpc) is 3.09. The quantitative estimate of drug-likeness (QED) is 0.422. The predicted molar refractivity (Wildman–Crippen MR) is 123 cm³/mol. The Hall–Kier alpha value is -4.68. The summed E-state index contributed by atoms with van der Waals surface area (Å²) in [4.78, 5) is 17.9. The van der Waals surface area contributed by atoms with Crippen LogP contribution in [0.25, 0.3) is 38.8 Å². The second kappa shape index (κ2) is 7.23. The van der Waals surface area contributed by atoms with E-state index in [1.54, 1.807) is 40.6 Å². The number of aromatic nitrogens is 3. The lowest BCUT2D eigenvalue weighted by Gasteiger charge is -2.10. The molecule has 0 atom stereocenters. The molecule has 0 saturated heterocycles. The fourth-order valence-corrected chi connectivity index (χ4v) is 4.09. The highest BCUT2D eigenvalue weighted by Gasteiger charge is 2.18. The smallest absolute Gasteiger partial charge is 0.293 e. The predicted octanol–water partition coefficient (Wildman–Crippen LogP) is 4.60. The van der Waals surface area contributed by atoms with Crippen LogP contribution < -0.4 is 5.69 Å². The third kappa shape index (κ3) is 2.86. The molecule has 6 nitrogen and oxygen atoms in total. The minimum atomic E-state index is -0.204. The molecule has 0 saturated carbocycles. The van der Waals surface area contributed by atoms with Gasteiger partial charge in [-0.2, -0.15) is 10.5 Å². The van der Waals surface area contributed by atoms with E-state index in [2.05, 4.69) is 17.1 Å². The number of fused-ring (bicyclic) bond motifs is 3. The Balaban J connectivity index is 1.89. The van der Waals surface area contributed by atoms with Crippen molar-refractivity contribution in [3.63, 3.8) is 0 Å². The van der Waals surface area contributed by atoms with Crippen LogP contribution in [-0.2, 0) is 7.05 Å². The zero-order valence-electron chi connectivity index (χ0n) is 17.5. The summed E-state index contributed by atoms with van der Waals surface area (Å²) in [6.45, 7) is 1.92. The number of nitrogens with zero attached hydrogens (tertiary/aromatic N) is 5. The van der Waals surface area contributed by atoms with E-state index in [4.69, 9.17) is 0 Å². The van der Waals surface area contributed by atoms with Crippen molar-refractivity contribution >= 4 is 21.9 Å². The third-order valence-electron chi connectivity index (χ3n) is 5.79. The first-order valence-electron chi connectivity index (χ1n) is 10.0. The average molecular weight is 415 g/mol. The van der Waals surface area contributed by atoms with Crippen molar-refractivity contribution in [1.82, 2.24) is 14.1 Å². The van der Waals surface area contributed by atoms with E-state index in [0.29, 0.717) is 22.3 Å². The fraction of sp³-hybridized carbons (Fsp3) is 0.0769. The van der Waals surface area contributed by atoms with Crippen molar-refractivity contribution in [3.05, 3.63) is 94.0 Å². The van der Waals surface area contributed by atoms with Crippen LogP contribution in [0.3, 0.4) is 0 Å². The van der Waals surface area contributed by atoms with Crippen molar-refractivity contribution in [2.24, 2.45) is 7.05 Å². The number of pyridine rings is 1. The molecule has 152 valence electrons. The van der Waals surface area contributed by atoms with Gasteiger partial charge in [-0.05, 0) is 60.0 Å². The second-order valence-corrected chi connectivity index (χ2v) is 7.71. The van der Waals surface area contributed by atoms with Crippen LogP contribution in [0, 0.1) is 29.6 Å². The molecule has 0 amide bonds. The van der Waals surface area contributed by atoms with E-state index < -0.39 is 0 Å². The zero-order valence-corrected chi connectivity index (χ0v) is 17.5. The maximum absolute atomic E-state index is 13.3. The molecule has 0 fully saturated rings. The number of benzene rings is 3. The van der Waals surface area contributed by atoms with Gasteiger partial charge in [0.1, 0.15) is 0 Å². The third-order valence-corrected chi connectivity index (χ3v) is 5.79. The van der Waals surface area contributed by atoms with Gasteiger partial charge in [-0.15, -0.1) is 0 Å². The molecule has 0 spiro atoms. The number of aryl methyl sites for hydroxylation is 2. The van der Waals surface area contributed by atoms with Gasteiger partial charge in [0.15, 0.2) is 0 Å². The Bertz CT molecular complexity index is 1690. The fourth-order valence-electron chi connectivity index (χ4n) is 4.09. The van der Waals surface area contributed by atoms with Gasteiger partial charge in [-0.1, -0.05) is 24.3 Å². The summed E-state index contributed by atoms with van der Waals surface area (Å²) >= 11 is 0. The molecule has 3 aromatic carbocycles. The summed E-state index contributed by atoms with van der Waals surface area (Å²) < 4.78 is 3.23. The Morgan fingerprint density at radius 2 is 1.66 bits per heavy atom. The van der Waals surface area contributed by atoms with Crippen molar-refractivity contribution in [1.29, 1.82) is 10.5 Å². The summed E-state index contributed by atoms with van der Waals surface area (Å²) in [7, 11) is 1.72. The Morgan fingerprint density at radius 1 is 0.906 bits per heavy atom. The number of rotatable bonds is 2. The number of hydrogen-bond acceptors (Lipinski definition) is 4. The Morgan fingerprint density at radius 3 is 2.44 bits per heavy atom. The lowest BCUT2D eigenvalue weighted by Crippen LogP contribution is -2.21. The van der Waals surface area contributed by atoms with Crippen molar-refractivity contribution in [3.8, 4) is 29.0 Å². The molecule has 2 heterocycles. The molecular formula is C26H17N5O. The molecule has 0 aliphatic heterocycles. The Kier molecular flexibility index (Phi) is 4.36. The first-order chi connectivity index (χ1) is 15.5. The summed E-state index contributed by atoms with van der Waals surface area (Å²) in [6.07, 6.45) is 1.70. The van der Waals surface area contributed by atoms with E-state index in [-0.39, 0.29) is 5.69 Å². The molecular weight excluding hydrogens is 398 g/mol. The van der Waals surface area contributed by atoms with Crippen LogP contribution in [0.4, 0.5) is 0 Å². The van der Waals surface area contributed by atoms with Gasteiger partial charge in [-0.3, -0.25) is 14.1 Å². The van der Waals surface area contributed by atoms with Gasteiger partial charge in [0.25, 0.3) is 0 Å². The van der Waals surface area contributed by atoms with Crippen LogP contribution in [0.2, 0.25) is 0 Å². The van der Waals surface area contributed by atoms with E-state index >= 15 is 0 Å². The van der Waals surface area contributed by atoms with Gasteiger partial charge in [0.2, 0.25) is 0 Å². The minimum Gasteiger partial charge on any atom is -0.293 e. The van der Waals surface area contributed by atoms with Crippen molar-refractivity contribution < 1.29 is 0 Å². The van der Waals surface area contributed by atoms with E-state index in [1.807, 2.05) is 49.4 Å². The van der Waals surface area contributed by atoms with Gasteiger partial charge in [-0.25, -0.2) is 4.79 Å². The number of imidazole rings is 1. The highest BCUT2D eigenvalue weighted by molar-refractivity contribution is 6.04. The summed E-state index contributed by atoms with van der Waals surface area (Å²) in [5.74, 6) is 0. The minimum absolute atomic E-state index is 0.204. The van der Waals surface area contributed by atoms with Gasteiger partial charge >= 0.3 is 5.69 Å². The standard InChI is InChI=1S/C26H17N5O/c1-16-6-7-18(14-28)11-23(16)31-25-21-12-20(19-5-3-4-17(10-19)13-27)8-9-22(21)29-15-24(25)30(2)26(31)32/h3-12,15H,1-2H3. The highest BCUT2D eigenvalue weighted by Crippen LogP contribution is 2.30. The number of nitriles is 2. The maximum Gasteiger partial charge on any atom is 0.333 e. The molecule has 6 heteroatoms. The molecule has 0 unspecified atom stereocenters. The maximum atomic E-state index is 13.3. The van der Waals surface area contributed by atoms with E-state index in [1.165, 1.54) is 0 Å². The first-order valence-corrected chi connectivity index (χ1v) is 10.0. The lowest BCUT2D eigenvalue weighted by molar-refractivity contribution is 0.843. The number of hydrogen-bond donors (Lipinski definition) is 0. The zero-order chi connectivity index (χ0) is 22.4. The topological polar surface area (TPSA) is 87.4 Å². The molecule has 5 rings (SSSR count). The Labute approximate surface area is 183 Å². The molecule has 5 aromatic rings. The van der Waals surface area contributed by atoms with Gasteiger partial charge in [0.05, 0.1) is 51.7 Å². The van der Waals surface area contributed by atoms with Crippen LogP contribution in [0.1, 0.15) is 16.7 Å². The van der Waals surface area contributed by atoms with Crippen LogP contribution in [-0.4, -0.2) is 14.1 Å². The van der Waals surface area contributed by atoms with Gasteiger partial charge in [0, 0.05) is 12.4 Å². The normalized spacial score (nSPS) is 10.9. The lowest BCUT2D eigenvalue weighted by atomic mass is 10.0. The van der Waals surface area contributed by atoms with Crippen LogP contribution >= 0.6 is 0 Å². The monoisotopic (exact) mass is 415 g/mol. The van der Waals surface area contributed by atoms with Crippen molar-refractivity contribution in [2.75, 3.05) is 0 Å². The van der Waals surface area contributed by atoms with E-state index in [9.17, 15) is 15.3 Å². The summed E-state index contributed by atoms with van der Waals surface area (Å²) in [5.41, 5.74) is 6.46. The second-order valence-electron chi connectivity index (χ2n) is 7.71. The van der Waals surface area contributed by atoms with Crippen LogP contribution in [0.15, 0.2) is 71.7 Å². The molecule has 0 aliphatic rings. The van der Waals surface area contributed by atoms with Crippen molar-refractivity contribution in [2.45, 2.75) is 6.92 Å². The summed E-state index contributed by atoms with van der Waals surface area (Å²) in [5, 5.41) is 19.5. The molecule has 0 bridgehead atoms.